The number of alkyl halides is 3. The SMILES string of the molecule is Cn1cnc(S(=O)(=O)N2CC(NC(=O)c3cccc(C(F)(F)F)c3Cl)C(c3ccccc3F)C2)c1. The predicted molar refractivity (Wildman–Crippen MR) is 119 cm³/mol. The van der Waals surface area contributed by atoms with E-state index in [4.69, 9.17) is 11.6 Å². The minimum atomic E-state index is -4.77. The molecule has 1 amide bonds. The van der Waals surface area contributed by atoms with E-state index >= 15 is 0 Å². The molecule has 1 fully saturated rings. The van der Waals surface area contributed by atoms with Crippen LogP contribution in [0.1, 0.15) is 27.4 Å². The first kappa shape index (κ1) is 25.1. The van der Waals surface area contributed by atoms with Crippen LogP contribution in [0.4, 0.5) is 17.6 Å². The van der Waals surface area contributed by atoms with Gasteiger partial charge >= 0.3 is 6.18 Å². The lowest BCUT2D eigenvalue weighted by Gasteiger charge is -2.21. The number of imidazole rings is 1. The number of carbonyl (C=O) groups excluding carboxylic acids is 1. The summed E-state index contributed by atoms with van der Waals surface area (Å²) in [5.41, 5.74) is -1.45. The zero-order valence-corrected chi connectivity index (χ0v) is 19.7. The Balaban J connectivity index is 1.68. The third-order valence-corrected chi connectivity index (χ3v) is 7.87. The minimum absolute atomic E-state index is 0.159. The van der Waals surface area contributed by atoms with Crippen molar-refractivity contribution < 1.29 is 30.8 Å². The second kappa shape index (κ2) is 9.25. The average Bonchev–Trinajstić information content (AvgIpc) is 3.40. The fourth-order valence-corrected chi connectivity index (χ4v) is 5.80. The summed E-state index contributed by atoms with van der Waals surface area (Å²) in [5.74, 6) is -2.36. The van der Waals surface area contributed by atoms with Crippen LogP contribution in [0.5, 0.6) is 0 Å². The first-order valence-electron chi connectivity index (χ1n) is 10.3. The van der Waals surface area contributed by atoms with Gasteiger partial charge in [0.1, 0.15) is 5.82 Å². The van der Waals surface area contributed by atoms with Gasteiger partial charge in [0.05, 0.1) is 28.5 Å². The quantitative estimate of drug-likeness (QED) is 0.508. The Hall–Kier alpha value is -2.96. The summed E-state index contributed by atoms with van der Waals surface area (Å²) in [6.45, 7) is -0.429. The van der Waals surface area contributed by atoms with Crippen LogP contribution in [0.15, 0.2) is 60.0 Å². The highest BCUT2D eigenvalue weighted by Gasteiger charge is 2.43. The first-order chi connectivity index (χ1) is 16.4. The van der Waals surface area contributed by atoms with Crippen LogP contribution >= 0.6 is 11.6 Å². The van der Waals surface area contributed by atoms with Gasteiger partial charge in [0, 0.05) is 32.3 Å². The van der Waals surface area contributed by atoms with Gasteiger partial charge < -0.3 is 9.88 Å². The third kappa shape index (κ3) is 4.91. The number of halogens is 5. The topological polar surface area (TPSA) is 84.3 Å². The summed E-state index contributed by atoms with van der Waals surface area (Å²) in [6.07, 6.45) is -2.15. The van der Waals surface area contributed by atoms with E-state index in [9.17, 15) is 30.8 Å². The van der Waals surface area contributed by atoms with Gasteiger partial charge in [-0.25, -0.2) is 17.8 Å². The van der Waals surface area contributed by atoms with Crippen LogP contribution in [0.3, 0.4) is 0 Å². The molecule has 13 heteroatoms. The van der Waals surface area contributed by atoms with Crippen molar-refractivity contribution in [3.05, 3.63) is 82.5 Å². The average molecular weight is 531 g/mol. The van der Waals surface area contributed by atoms with E-state index < -0.39 is 56.0 Å². The maximum absolute atomic E-state index is 14.6. The Bertz CT molecular complexity index is 1380. The molecule has 0 radical (unpaired) electrons. The number of nitrogens with zero attached hydrogens (tertiary/aromatic N) is 3. The molecule has 186 valence electrons. The molecular weight excluding hydrogens is 512 g/mol. The summed E-state index contributed by atoms with van der Waals surface area (Å²) in [6, 6.07) is 7.66. The minimum Gasteiger partial charge on any atom is -0.347 e. The van der Waals surface area contributed by atoms with E-state index in [0.717, 1.165) is 22.5 Å². The molecule has 1 aliphatic rings. The number of rotatable bonds is 5. The van der Waals surface area contributed by atoms with Gasteiger partial charge in [-0.3, -0.25) is 4.79 Å². The Morgan fingerprint density at radius 3 is 2.49 bits per heavy atom. The van der Waals surface area contributed by atoms with Gasteiger partial charge in [0.2, 0.25) is 0 Å². The summed E-state index contributed by atoms with van der Waals surface area (Å²) in [5, 5.41) is 1.56. The maximum Gasteiger partial charge on any atom is 0.417 e. The Kier molecular flexibility index (Phi) is 6.64. The Morgan fingerprint density at radius 2 is 1.86 bits per heavy atom. The van der Waals surface area contributed by atoms with E-state index in [0.29, 0.717) is 0 Å². The molecule has 2 unspecified atom stereocenters. The van der Waals surface area contributed by atoms with Crippen molar-refractivity contribution in [3.63, 3.8) is 0 Å². The zero-order valence-electron chi connectivity index (χ0n) is 18.1. The molecular formula is C22H19ClF4N4O3S. The summed E-state index contributed by atoms with van der Waals surface area (Å²) in [4.78, 5) is 16.8. The van der Waals surface area contributed by atoms with E-state index in [1.54, 1.807) is 13.1 Å². The lowest BCUT2D eigenvalue weighted by atomic mass is 9.93. The number of aryl methyl sites for hydroxylation is 1. The van der Waals surface area contributed by atoms with Gasteiger partial charge in [-0.2, -0.15) is 17.5 Å². The maximum atomic E-state index is 14.6. The highest BCUT2D eigenvalue weighted by molar-refractivity contribution is 7.89. The van der Waals surface area contributed by atoms with Gasteiger partial charge in [0.15, 0.2) is 5.03 Å². The van der Waals surface area contributed by atoms with E-state index in [1.165, 1.54) is 35.3 Å². The molecule has 2 heterocycles. The van der Waals surface area contributed by atoms with Crippen LogP contribution in [0.2, 0.25) is 5.02 Å². The summed E-state index contributed by atoms with van der Waals surface area (Å²) < 4.78 is 83.1. The number of benzene rings is 2. The summed E-state index contributed by atoms with van der Waals surface area (Å²) >= 11 is 5.88. The Labute approximate surface area is 203 Å². The van der Waals surface area contributed by atoms with Crippen LogP contribution in [0.25, 0.3) is 0 Å². The van der Waals surface area contributed by atoms with Gasteiger partial charge in [-0.05, 0) is 23.8 Å². The molecule has 35 heavy (non-hydrogen) atoms. The number of sulfonamides is 1. The molecule has 1 aromatic heterocycles. The second-order valence-corrected chi connectivity index (χ2v) is 10.3. The molecule has 0 aliphatic carbocycles. The van der Waals surface area contributed by atoms with Crippen molar-refractivity contribution in [1.29, 1.82) is 0 Å². The molecule has 4 rings (SSSR count). The molecule has 0 bridgehead atoms. The van der Waals surface area contributed by atoms with Crippen molar-refractivity contribution in [2.24, 2.45) is 7.05 Å². The van der Waals surface area contributed by atoms with Crippen molar-refractivity contribution in [2.75, 3.05) is 13.1 Å². The third-order valence-electron chi connectivity index (χ3n) is 5.74. The molecule has 2 atom stereocenters. The van der Waals surface area contributed by atoms with Gasteiger partial charge in [-0.15, -0.1) is 0 Å². The van der Waals surface area contributed by atoms with Crippen LogP contribution in [-0.4, -0.2) is 47.3 Å². The van der Waals surface area contributed by atoms with Crippen molar-refractivity contribution >= 4 is 27.5 Å². The number of nitrogens with one attached hydrogen (secondary N) is 1. The largest absolute Gasteiger partial charge is 0.417 e. The lowest BCUT2D eigenvalue weighted by molar-refractivity contribution is -0.137. The van der Waals surface area contributed by atoms with E-state index in [2.05, 4.69) is 10.3 Å². The smallest absolute Gasteiger partial charge is 0.347 e. The molecule has 3 aromatic rings. The second-order valence-electron chi connectivity index (χ2n) is 8.07. The highest BCUT2D eigenvalue weighted by atomic mass is 35.5. The normalized spacial score (nSPS) is 19.1. The van der Waals surface area contributed by atoms with Crippen molar-refractivity contribution in [3.8, 4) is 0 Å². The van der Waals surface area contributed by atoms with Crippen LogP contribution in [-0.2, 0) is 23.2 Å². The molecule has 1 aliphatic heterocycles. The zero-order chi connectivity index (χ0) is 25.5. The number of hydrogen-bond acceptors (Lipinski definition) is 4. The van der Waals surface area contributed by atoms with E-state index in [-0.39, 0.29) is 23.7 Å². The number of carbonyl (C=O) groups is 1. The number of hydrogen-bond donors (Lipinski definition) is 1. The summed E-state index contributed by atoms with van der Waals surface area (Å²) in [7, 11) is -2.49. The monoisotopic (exact) mass is 530 g/mol. The number of amides is 1. The highest BCUT2D eigenvalue weighted by Crippen LogP contribution is 2.37. The molecule has 7 nitrogen and oxygen atoms in total. The van der Waals surface area contributed by atoms with Crippen molar-refractivity contribution in [1.82, 2.24) is 19.2 Å². The Morgan fingerprint density at radius 1 is 1.14 bits per heavy atom. The fraction of sp³-hybridized carbons (Fsp3) is 0.273. The van der Waals surface area contributed by atoms with E-state index in [1.807, 2.05) is 0 Å². The molecule has 0 spiro atoms. The lowest BCUT2D eigenvalue weighted by Crippen LogP contribution is -2.40. The fourth-order valence-electron chi connectivity index (χ4n) is 4.03. The number of aromatic nitrogens is 2. The van der Waals surface area contributed by atoms with Crippen LogP contribution in [0, 0.1) is 5.82 Å². The first-order valence-corrected chi connectivity index (χ1v) is 12.1. The standard InChI is InChI=1S/C22H19ClF4N4O3S/c1-30-11-19(28-12-30)35(33,34)31-9-15(13-5-2-3-8-17(13)24)18(10-31)29-21(32)14-6-4-7-16(20(14)23)22(25,26)27/h2-8,11-12,15,18H,9-10H2,1H3,(H,29,32). The van der Waals surface area contributed by atoms with Gasteiger partial charge in [-0.1, -0.05) is 35.9 Å². The molecule has 1 saturated heterocycles. The molecule has 1 N–H and O–H groups in total. The molecule has 0 saturated carbocycles. The predicted octanol–water partition coefficient (Wildman–Crippen LogP) is 3.82. The van der Waals surface area contributed by atoms with Crippen LogP contribution < -0.4 is 5.32 Å². The van der Waals surface area contributed by atoms with Crippen molar-refractivity contribution in [2.45, 2.75) is 23.2 Å². The van der Waals surface area contributed by atoms with Gasteiger partial charge in [0.25, 0.3) is 15.9 Å². The molecule has 2 aromatic carbocycles.